The van der Waals surface area contributed by atoms with Crippen molar-refractivity contribution in [2.75, 3.05) is 6.54 Å². The van der Waals surface area contributed by atoms with Gasteiger partial charge in [-0.25, -0.2) is 0 Å². The van der Waals surface area contributed by atoms with Crippen molar-refractivity contribution in [1.29, 1.82) is 0 Å². The number of carbonyl (C=O) groups excluding carboxylic acids is 2. The standard InChI is InChI=1S/C17H19F4NO5/c1-10(2)25-15(24)7-8-22-14(23)6-4-11-3-5-12(26-16(18)19)9-13(11)27-17(20)21/h3-6,9-10,16-17H,7-8H2,1-2H3,(H,22,23)/b6-4+. The summed E-state index contributed by atoms with van der Waals surface area (Å²) >= 11 is 0. The summed E-state index contributed by atoms with van der Waals surface area (Å²) < 4.78 is 62.6. The number of alkyl halides is 4. The molecule has 1 amide bonds. The molecular weight excluding hydrogens is 374 g/mol. The minimum atomic E-state index is -3.19. The van der Waals surface area contributed by atoms with Crippen LogP contribution in [0.25, 0.3) is 6.08 Å². The van der Waals surface area contributed by atoms with E-state index in [2.05, 4.69) is 14.8 Å². The Morgan fingerprint density at radius 1 is 1.11 bits per heavy atom. The van der Waals surface area contributed by atoms with Gasteiger partial charge in [-0.05, 0) is 32.1 Å². The topological polar surface area (TPSA) is 73.9 Å². The van der Waals surface area contributed by atoms with E-state index in [1.807, 2.05) is 0 Å². The molecule has 0 saturated heterocycles. The number of hydrogen-bond donors (Lipinski definition) is 1. The fourth-order valence-electron chi connectivity index (χ4n) is 1.86. The number of esters is 1. The van der Waals surface area contributed by atoms with Crippen LogP contribution >= 0.6 is 0 Å². The Kier molecular flexibility index (Phi) is 9.11. The second-order valence-corrected chi connectivity index (χ2v) is 5.37. The molecule has 0 atom stereocenters. The lowest BCUT2D eigenvalue weighted by atomic mass is 10.1. The molecular formula is C17H19F4NO5. The summed E-state index contributed by atoms with van der Waals surface area (Å²) in [6.07, 6.45) is 1.89. The maximum Gasteiger partial charge on any atom is 0.387 e. The summed E-state index contributed by atoms with van der Waals surface area (Å²) in [5, 5.41) is 2.42. The van der Waals surface area contributed by atoms with E-state index in [0.717, 1.165) is 24.3 Å². The second-order valence-electron chi connectivity index (χ2n) is 5.37. The molecule has 1 aromatic carbocycles. The zero-order valence-corrected chi connectivity index (χ0v) is 14.6. The van der Waals surface area contributed by atoms with Gasteiger partial charge in [0, 0.05) is 24.3 Å². The summed E-state index contributed by atoms with van der Waals surface area (Å²) in [6, 6.07) is 3.15. The van der Waals surface area contributed by atoms with Crippen LogP contribution in [0, 0.1) is 0 Å². The van der Waals surface area contributed by atoms with E-state index in [1.54, 1.807) is 13.8 Å². The molecule has 10 heteroatoms. The number of benzene rings is 1. The summed E-state index contributed by atoms with van der Waals surface area (Å²) in [7, 11) is 0. The first-order chi connectivity index (χ1) is 12.7. The Morgan fingerprint density at radius 2 is 1.78 bits per heavy atom. The average Bonchev–Trinajstić information content (AvgIpc) is 2.52. The zero-order valence-electron chi connectivity index (χ0n) is 14.6. The Bertz CT molecular complexity index is 665. The van der Waals surface area contributed by atoms with Crippen molar-refractivity contribution in [3.05, 3.63) is 29.8 Å². The van der Waals surface area contributed by atoms with Gasteiger partial charge in [-0.1, -0.05) is 0 Å². The molecule has 0 fully saturated rings. The van der Waals surface area contributed by atoms with E-state index in [9.17, 15) is 27.2 Å². The van der Waals surface area contributed by atoms with Crippen molar-refractivity contribution in [2.45, 2.75) is 39.6 Å². The van der Waals surface area contributed by atoms with Crippen LogP contribution in [0.2, 0.25) is 0 Å². The normalized spacial score (nSPS) is 11.3. The number of ether oxygens (including phenoxy) is 3. The third-order valence-corrected chi connectivity index (χ3v) is 2.84. The zero-order chi connectivity index (χ0) is 20.4. The van der Waals surface area contributed by atoms with Crippen molar-refractivity contribution >= 4 is 18.0 Å². The first kappa shape index (κ1) is 22.3. The predicted octanol–water partition coefficient (Wildman–Crippen LogP) is 3.36. The van der Waals surface area contributed by atoms with E-state index < -0.39 is 30.8 Å². The first-order valence-electron chi connectivity index (χ1n) is 7.86. The Morgan fingerprint density at radius 3 is 2.37 bits per heavy atom. The molecule has 27 heavy (non-hydrogen) atoms. The molecule has 0 spiro atoms. The quantitative estimate of drug-likeness (QED) is 0.375. The summed E-state index contributed by atoms with van der Waals surface area (Å²) in [4.78, 5) is 23.0. The van der Waals surface area contributed by atoms with E-state index in [0.29, 0.717) is 0 Å². The van der Waals surface area contributed by atoms with Crippen LogP contribution in [0.5, 0.6) is 11.5 Å². The van der Waals surface area contributed by atoms with Gasteiger partial charge in [0.15, 0.2) is 0 Å². The molecule has 6 nitrogen and oxygen atoms in total. The molecule has 0 saturated carbocycles. The molecule has 0 unspecified atom stereocenters. The smallest absolute Gasteiger partial charge is 0.387 e. The van der Waals surface area contributed by atoms with Crippen LogP contribution < -0.4 is 14.8 Å². The number of amides is 1. The molecule has 0 aromatic heterocycles. The monoisotopic (exact) mass is 393 g/mol. The van der Waals surface area contributed by atoms with Crippen LogP contribution in [0.3, 0.4) is 0 Å². The van der Waals surface area contributed by atoms with Crippen molar-refractivity contribution in [3.8, 4) is 11.5 Å². The average molecular weight is 393 g/mol. The molecule has 1 rings (SSSR count). The largest absolute Gasteiger partial charge is 0.463 e. The molecule has 1 N–H and O–H groups in total. The minimum Gasteiger partial charge on any atom is -0.463 e. The molecule has 0 heterocycles. The van der Waals surface area contributed by atoms with Crippen LogP contribution in [0.15, 0.2) is 24.3 Å². The van der Waals surface area contributed by atoms with Gasteiger partial charge < -0.3 is 19.5 Å². The minimum absolute atomic E-state index is 0.0241. The molecule has 1 aromatic rings. The fourth-order valence-corrected chi connectivity index (χ4v) is 1.86. The number of nitrogens with one attached hydrogen (secondary N) is 1. The maximum atomic E-state index is 12.5. The number of rotatable bonds is 10. The van der Waals surface area contributed by atoms with E-state index in [4.69, 9.17) is 4.74 Å². The van der Waals surface area contributed by atoms with E-state index in [-0.39, 0.29) is 30.4 Å². The highest BCUT2D eigenvalue weighted by Gasteiger charge is 2.12. The third-order valence-electron chi connectivity index (χ3n) is 2.84. The maximum absolute atomic E-state index is 12.5. The van der Waals surface area contributed by atoms with Gasteiger partial charge in [0.25, 0.3) is 0 Å². The van der Waals surface area contributed by atoms with E-state index >= 15 is 0 Å². The van der Waals surface area contributed by atoms with E-state index in [1.165, 1.54) is 6.07 Å². The molecule has 0 aliphatic rings. The molecule has 0 aliphatic heterocycles. The fraction of sp³-hybridized carbons (Fsp3) is 0.412. The van der Waals surface area contributed by atoms with Gasteiger partial charge >= 0.3 is 19.2 Å². The SMILES string of the molecule is CC(C)OC(=O)CCNC(=O)/C=C/c1ccc(OC(F)F)cc1OC(F)F. The lowest BCUT2D eigenvalue weighted by Crippen LogP contribution is -2.25. The van der Waals surface area contributed by atoms with Crippen molar-refractivity contribution in [2.24, 2.45) is 0 Å². The van der Waals surface area contributed by atoms with Gasteiger partial charge in [-0.3, -0.25) is 9.59 Å². The molecule has 150 valence electrons. The van der Waals surface area contributed by atoms with Gasteiger partial charge in [0.05, 0.1) is 12.5 Å². The third kappa shape index (κ3) is 9.47. The number of hydrogen-bond acceptors (Lipinski definition) is 5. The van der Waals surface area contributed by atoms with Crippen LogP contribution in [-0.2, 0) is 14.3 Å². The highest BCUT2D eigenvalue weighted by atomic mass is 19.3. The highest BCUT2D eigenvalue weighted by Crippen LogP contribution is 2.28. The van der Waals surface area contributed by atoms with Crippen LogP contribution in [0.4, 0.5) is 17.6 Å². The number of carbonyl (C=O) groups is 2. The lowest BCUT2D eigenvalue weighted by Gasteiger charge is -2.11. The van der Waals surface area contributed by atoms with Gasteiger partial charge in [0.1, 0.15) is 11.5 Å². The highest BCUT2D eigenvalue weighted by molar-refractivity contribution is 5.92. The van der Waals surface area contributed by atoms with Gasteiger partial charge in [-0.2, -0.15) is 17.6 Å². The Labute approximate surface area is 153 Å². The van der Waals surface area contributed by atoms with Gasteiger partial charge in [0.2, 0.25) is 5.91 Å². The molecule has 0 radical (unpaired) electrons. The van der Waals surface area contributed by atoms with Gasteiger partial charge in [-0.15, -0.1) is 0 Å². The first-order valence-corrected chi connectivity index (χ1v) is 7.86. The van der Waals surface area contributed by atoms with Crippen LogP contribution in [-0.4, -0.2) is 37.7 Å². The summed E-state index contributed by atoms with van der Waals surface area (Å²) in [5.74, 6) is -1.88. The van der Waals surface area contributed by atoms with Crippen molar-refractivity contribution < 1.29 is 41.4 Å². The second kappa shape index (κ2) is 11.0. The lowest BCUT2D eigenvalue weighted by molar-refractivity contribution is -0.147. The number of halogens is 4. The van der Waals surface area contributed by atoms with Crippen LogP contribution in [0.1, 0.15) is 25.8 Å². The summed E-state index contributed by atoms with van der Waals surface area (Å²) in [6.45, 7) is -2.92. The molecule has 0 aliphatic carbocycles. The Hall–Kier alpha value is -2.78. The Balaban J connectivity index is 2.69. The summed E-state index contributed by atoms with van der Waals surface area (Å²) in [5.41, 5.74) is 0.0475. The molecule has 0 bridgehead atoms. The van der Waals surface area contributed by atoms with Crippen molar-refractivity contribution in [1.82, 2.24) is 5.32 Å². The predicted molar refractivity (Wildman–Crippen MR) is 87.6 cm³/mol. The van der Waals surface area contributed by atoms with Crippen molar-refractivity contribution in [3.63, 3.8) is 0 Å².